The molecule has 1 aliphatic carbocycles. The Hall–Kier alpha value is -1.55. The molecule has 0 bridgehead atoms. The maximum absolute atomic E-state index is 6.18. The third-order valence-corrected chi connectivity index (χ3v) is 4.74. The van der Waals surface area contributed by atoms with Crippen LogP contribution in [-0.4, -0.2) is 22.3 Å². The molecule has 2 aromatic rings. The van der Waals surface area contributed by atoms with E-state index in [9.17, 15) is 0 Å². The minimum atomic E-state index is 0.0834. The first kappa shape index (κ1) is 13.4. The van der Waals surface area contributed by atoms with E-state index < -0.39 is 0 Å². The lowest BCUT2D eigenvalue weighted by Crippen LogP contribution is -2.51. The smallest absolute Gasteiger partial charge is 0.201 e. The summed E-state index contributed by atoms with van der Waals surface area (Å²) in [7, 11) is 0. The van der Waals surface area contributed by atoms with Crippen molar-refractivity contribution in [2.45, 2.75) is 46.3 Å². The average Bonchev–Trinajstić information content (AvgIpc) is 2.71. The first-order valence-corrected chi connectivity index (χ1v) is 7.31. The highest BCUT2D eigenvalue weighted by Gasteiger charge is 2.50. The number of hydrogen-bond donors (Lipinski definition) is 1. The number of rotatable bonds is 3. The van der Waals surface area contributed by atoms with Crippen LogP contribution in [0.3, 0.4) is 0 Å². The van der Waals surface area contributed by atoms with Crippen molar-refractivity contribution in [3.05, 3.63) is 23.8 Å². The number of benzene rings is 1. The standard InChI is InChI=1S/C16H23N3O/c1-5-20-13-9-12(16(13,3)4)19-14-10(2)7-6-8-11(14)18-15(19)17/h6-8,12-13H,5,9H2,1-4H3,(H2,17,18). The van der Waals surface area contributed by atoms with Gasteiger partial charge in [-0.15, -0.1) is 0 Å². The number of para-hydroxylation sites is 1. The molecule has 2 N–H and O–H groups in total. The first-order valence-electron chi connectivity index (χ1n) is 7.31. The lowest BCUT2D eigenvalue weighted by atomic mass is 9.64. The molecule has 0 radical (unpaired) electrons. The van der Waals surface area contributed by atoms with Gasteiger partial charge in [-0.2, -0.15) is 0 Å². The molecule has 1 saturated carbocycles. The lowest BCUT2D eigenvalue weighted by Gasteiger charge is -2.52. The zero-order valence-electron chi connectivity index (χ0n) is 12.7. The van der Waals surface area contributed by atoms with Crippen molar-refractivity contribution >= 4 is 17.0 Å². The summed E-state index contributed by atoms with van der Waals surface area (Å²) >= 11 is 0. The van der Waals surface area contributed by atoms with Gasteiger partial charge in [0.1, 0.15) is 0 Å². The summed E-state index contributed by atoms with van der Waals surface area (Å²) in [6.07, 6.45) is 1.31. The Kier molecular flexibility index (Phi) is 3.01. The van der Waals surface area contributed by atoms with Crippen molar-refractivity contribution in [3.63, 3.8) is 0 Å². The first-order chi connectivity index (χ1) is 9.46. The number of nitrogens with zero attached hydrogens (tertiary/aromatic N) is 2. The van der Waals surface area contributed by atoms with Gasteiger partial charge in [-0.1, -0.05) is 26.0 Å². The van der Waals surface area contributed by atoms with E-state index in [1.54, 1.807) is 0 Å². The number of nitrogen functional groups attached to an aromatic ring is 1. The maximum atomic E-state index is 6.18. The summed E-state index contributed by atoms with van der Waals surface area (Å²) in [6, 6.07) is 6.53. The largest absolute Gasteiger partial charge is 0.378 e. The Morgan fingerprint density at radius 3 is 2.85 bits per heavy atom. The number of aryl methyl sites for hydroxylation is 1. The molecule has 20 heavy (non-hydrogen) atoms. The molecule has 108 valence electrons. The van der Waals surface area contributed by atoms with Gasteiger partial charge in [0.25, 0.3) is 0 Å². The second-order valence-electron chi connectivity index (χ2n) is 6.30. The summed E-state index contributed by atoms with van der Waals surface area (Å²) in [5.41, 5.74) is 9.64. The van der Waals surface area contributed by atoms with Gasteiger partial charge in [-0.3, -0.25) is 0 Å². The fourth-order valence-electron chi connectivity index (χ4n) is 3.44. The van der Waals surface area contributed by atoms with E-state index in [0.29, 0.717) is 18.1 Å². The van der Waals surface area contributed by atoms with E-state index >= 15 is 0 Å². The normalized spacial score (nSPS) is 24.8. The van der Waals surface area contributed by atoms with Gasteiger partial charge in [0.15, 0.2) is 0 Å². The van der Waals surface area contributed by atoms with E-state index in [2.05, 4.69) is 43.3 Å². The van der Waals surface area contributed by atoms with E-state index in [4.69, 9.17) is 10.5 Å². The molecule has 0 saturated heterocycles. The van der Waals surface area contributed by atoms with E-state index in [1.807, 2.05) is 12.1 Å². The van der Waals surface area contributed by atoms with Crippen LogP contribution >= 0.6 is 0 Å². The third kappa shape index (κ3) is 1.74. The minimum absolute atomic E-state index is 0.0834. The van der Waals surface area contributed by atoms with Crippen LogP contribution in [0.1, 0.15) is 38.8 Å². The molecule has 1 fully saturated rings. The quantitative estimate of drug-likeness (QED) is 0.933. The van der Waals surface area contributed by atoms with Gasteiger partial charge in [-0.05, 0) is 31.9 Å². The predicted octanol–water partition coefficient (Wildman–Crippen LogP) is 3.30. The summed E-state index contributed by atoms with van der Waals surface area (Å²) in [4.78, 5) is 4.51. The maximum Gasteiger partial charge on any atom is 0.201 e. The summed E-state index contributed by atoms with van der Waals surface area (Å²) in [5, 5.41) is 0. The Morgan fingerprint density at radius 2 is 2.20 bits per heavy atom. The summed E-state index contributed by atoms with van der Waals surface area (Å²) in [6.45, 7) is 9.44. The van der Waals surface area contributed by atoms with Crippen molar-refractivity contribution in [2.24, 2.45) is 5.41 Å². The fraction of sp³-hybridized carbons (Fsp3) is 0.562. The fourth-order valence-corrected chi connectivity index (χ4v) is 3.44. The minimum Gasteiger partial charge on any atom is -0.378 e. The van der Waals surface area contributed by atoms with Crippen molar-refractivity contribution in [1.82, 2.24) is 9.55 Å². The van der Waals surface area contributed by atoms with Gasteiger partial charge in [0.05, 0.1) is 17.1 Å². The summed E-state index contributed by atoms with van der Waals surface area (Å²) in [5.74, 6) is 0.613. The highest BCUT2D eigenvalue weighted by molar-refractivity contribution is 5.81. The highest BCUT2D eigenvalue weighted by atomic mass is 16.5. The lowest BCUT2D eigenvalue weighted by molar-refractivity contribution is -0.126. The molecule has 1 aromatic carbocycles. The van der Waals surface area contributed by atoms with Gasteiger partial charge < -0.3 is 15.0 Å². The number of anilines is 1. The third-order valence-electron chi connectivity index (χ3n) is 4.74. The van der Waals surface area contributed by atoms with Crippen LogP contribution in [0.25, 0.3) is 11.0 Å². The number of hydrogen-bond acceptors (Lipinski definition) is 3. The second kappa shape index (κ2) is 4.48. The molecule has 1 aromatic heterocycles. The van der Waals surface area contributed by atoms with Gasteiger partial charge in [0, 0.05) is 18.1 Å². The van der Waals surface area contributed by atoms with Crippen LogP contribution in [0.2, 0.25) is 0 Å². The predicted molar refractivity (Wildman–Crippen MR) is 81.7 cm³/mol. The number of imidazole rings is 1. The molecule has 0 amide bonds. The van der Waals surface area contributed by atoms with Gasteiger partial charge >= 0.3 is 0 Å². The molecular weight excluding hydrogens is 250 g/mol. The van der Waals surface area contributed by atoms with E-state index in [-0.39, 0.29) is 5.41 Å². The Balaban J connectivity index is 2.06. The zero-order chi connectivity index (χ0) is 14.5. The van der Waals surface area contributed by atoms with Crippen LogP contribution in [0, 0.1) is 12.3 Å². The van der Waals surface area contributed by atoms with E-state index in [1.165, 1.54) is 5.56 Å². The van der Waals surface area contributed by atoms with Crippen molar-refractivity contribution in [1.29, 1.82) is 0 Å². The Bertz CT molecular complexity index is 644. The van der Waals surface area contributed by atoms with Crippen LogP contribution in [-0.2, 0) is 4.74 Å². The van der Waals surface area contributed by atoms with E-state index in [0.717, 1.165) is 24.1 Å². The topological polar surface area (TPSA) is 53.1 Å². The zero-order valence-corrected chi connectivity index (χ0v) is 12.7. The van der Waals surface area contributed by atoms with Crippen molar-refractivity contribution in [2.75, 3.05) is 12.3 Å². The SMILES string of the molecule is CCOC1CC(n2c(N)nc3cccc(C)c32)C1(C)C. The average molecular weight is 273 g/mol. The van der Waals surface area contributed by atoms with Crippen molar-refractivity contribution < 1.29 is 4.74 Å². The molecule has 3 rings (SSSR count). The summed E-state index contributed by atoms with van der Waals surface area (Å²) < 4.78 is 8.04. The highest BCUT2D eigenvalue weighted by Crippen LogP contribution is 2.53. The van der Waals surface area contributed by atoms with Crippen molar-refractivity contribution in [3.8, 4) is 0 Å². The Labute approximate surface area is 119 Å². The number of nitrogens with two attached hydrogens (primary N) is 1. The number of fused-ring (bicyclic) bond motifs is 1. The van der Waals surface area contributed by atoms with Crippen LogP contribution in [0.5, 0.6) is 0 Å². The molecule has 0 aliphatic heterocycles. The second-order valence-corrected chi connectivity index (χ2v) is 6.30. The molecule has 2 unspecified atom stereocenters. The monoisotopic (exact) mass is 273 g/mol. The molecular formula is C16H23N3O. The van der Waals surface area contributed by atoms with Crippen LogP contribution < -0.4 is 5.73 Å². The molecule has 1 heterocycles. The van der Waals surface area contributed by atoms with Crippen LogP contribution in [0.4, 0.5) is 5.95 Å². The number of ether oxygens (including phenoxy) is 1. The van der Waals surface area contributed by atoms with Crippen LogP contribution in [0.15, 0.2) is 18.2 Å². The molecule has 0 spiro atoms. The molecule has 1 aliphatic rings. The van der Waals surface area contributed by atoms with Gasteiger partial charge in [0.2, 0.25) is 5.95 Å². The molecule has 2 atom stereocenters. The Morgan fingerprint density at radius 1 is 1.45 bits per heavy atom. The van der Waals surface area contributed by atoms with Gasteiger partial charge in [-0.25, -0.2) is 4.98 Å². The number of aromatic nitrogens is 2. The molecule has 4 nitrogen and oxygen atoms in total. The molecule has 4 heteroatoms.